The standard InChI is InChI=1S/C26H31F2N7O3S/c1-17-21(18-14-31-34(2)16-18)15-30-24(35-10-5-8-26(27,28)9-11-35)23(17)25(37)32-19-6-4-7-20(12-19)39(3,38)33-22(36)13-29/h4,6-7,12,14-16H,5,8-11,13,29H2,1-3H3,(H,32,37). The van der Waals surface area contributed by atoms with Crippen molar-refractivity contribution in [3.05, 3.63) is 54.0 Å². The lowest BCUT2D eigenvalue weighted by Crippen LogP contribution is -2.30. The molecule has 39 heavy (non-hydrogen) atoms. The van der Waals surface area contributed by atoms with Crippen LogP contribution in [0.15, 0.2) is 52.1 Å². The van der Waals surface area contributed by atoms with Crippen LogP contribution in [0.2, 0.25) is 0 Å². The SMILES string of the molecule is Cc1c(-c2cnn(C)c2)cnc(N2CCCC(F)(F)CC2)c1C(=O)Nc1cccc(S(C)(=O)=NC(=O)CN)c1. The summed E-state index contributed by atoms with van der Waals surface area (Å²) in [5.41, 5.74) is 7.92. The molecular weight excluding hydrogens is 528 g/mol. The van der Waals surface area contributed by atoms with Crippen LogP contribution in [0.5, 0.6) is 0 Å². The van der Waals surface area contributed by atoms with E-state index in [4.69, 9.17) is 5.73 Å². The topological polar surface area (TPSA) is 136 Å². The molecule has 208 valence electrons. The molecule has 1 aliphatic rings. The molecule has 0 saturated carbocycles. The fourth-order valence-electron chi connectivity index (χ4n) is 4.52. The van der Waals surface area contributed by atoms with E-state index in [0.717, 1.165) is 5.56 Å². The maximum atomic E-state index is 14.1. The second-order valence-electron chi connectivity index (χ2n) is 9.57. The smallest absolute Gasteiger partial charge is 0.267 e. The molecule has 2 amide bonds. The molecule has 13 heteroatoms. The van der Waals surface area contributed by atoms with Gasteiger partial charge in [-0.05, 0) is 37.1 Å². The Morgan fingerprint density at radius 3 is 2.69 bits per heavy atom. The lowest BCUT2D eigenvalue weighted by atomic mass is 9.99. The Kier molecular flexibility index (Phi) is 8.12. The number of nitrogens with two attached hydrogens (primary N) is 1. The van der Waals surface area contributed by atoms with E-state index in [1.54, 1.807) is 60.3 Å². The summed E-state index contributed by atoms with van der Waals surface area (Å²) in [5, 5.41) is 7.03. The molecule has 3 heterocycles. The molecule has 1 saturated heterocycles. The summed E-state index contributed by atoms with van der Waals surface area (Å²) in [4.78, 5) is 32.0. The van der Waals surface area contributed by atoms with E-state index in [9.17, 15) is 22.6 Å². The molecule has 3 aromatic rings. The number of nitrogens with one attached hydrogen (secondary N) is 1. The average molecular weight is 560 g/mol. The monoisotopic (exact) mass is 559 g/mol. The van der Waals surface area contributed by atoms with Crippen LogP contribution in [-0.4, -0.2) is 62.6 Å². The number of anilines is 2. The number of pyridine rings is 1. The zero-order valence-electron chi connectivity index (χ0n) is 22.0. The Morgan fingerprint density at radius 1 is 1.23 bits per heavy atom. The number of carbonyl (C=O) groups excluding carboxylic acids is 2. The van der Waals surface area contributed by atoms with Crippen molar-refractivity contribution in [2.24, 2.45) is 17.1 Å². The summed E-state index contributed by atoms with van der Waals surface area (Å²) in [7, 11) is -1.31. The quantitative estimate of drug-likeness (QED) is 0.471. The second-order valence-corrected chi connectivity index (χ2v) is 11.8. The van der Waals surface area contributed by atoms with Crippen molar-refractivity contribution in [1.29, 1.82) is 0 Å². The third kappa shape index (κ3) is 6.48. The first kappa shape index (κ1) is 28.3. The minimum absolute atomic E-state index is 0.0516. The van der Waals surface area contributed by atoms with Crippen molar-refractivity contribution in [2.45, 2.75) is 37.0 Å². The van der Waals surface area contributed by atoms with Crippen molar-refractivity contribution < 1.29 is 22.6 Å². The van der Waals surface area contributed by atoms with Gasteiger partial charge >= 0.3 is 0 Å². The molecule has 1 aliphatic heterocycles. The number of hydrogen-bond donors (Lipinski definition) is 2. The van der Waals surface area contributed by atoms with Gasteiger partial charge < -0.3 is 16.0 Å². The van der Waals surface area contributed by atoms with Gasteiger partial charge in [-0.3, -0.25) is 14.3 Å². The molecule has 2 aromatic heterocycles. The predicted molar refractivity (Wildman–Crippen MR) is 145 cm³/mol. The van der Waals surface area contributed by atoms with E-state index in [0.29, 0.717) is 29.2 Å². The van der Waals surface area contributed by atoms with E-state index in [2.05, 4.69) is 19.8 Å². The second kappa shape index (κ2) is 11.2. The number of rotatable bonds is 6. The number of alkyl halides is 2. The lowest BCUT2D eigenvalue weighted by molar-refractivity contribution is -0.116. The predicted octanol–water partition coefficient (Wildman–Crippen LogP) is 3.61. The molecule has 1 unspecified atom stereocenters. The van der Waals surface area contributed by atoms with E-state index in [1.807, 2.05) is 0 Å². The van der Waals surface area contributed by atoms with Crippen molar-refractivity contribution >= 4 is 33.0 Å². The molecule has 0 aliphatic carbocycles. The molecule has 1 fully saturated rings. The van der Waals surface area contributed by atoms with Crippen LogP contribution in [0.3, 0.4) is 0 Å². The molecule has 0 bridgehead atoms. The summed E-state index contributed by atoms with van der Waals surface area (Å²) in [6.45, 7) is 1.79. The van der Waals surface area contributed by atoms with Crippen LogP contribution < -0.4 is 16.0 Å². The zero-order valence-corrected chi connectivity index (χ0v) is 22.8. The Balaban J connectivity index is 1.75. The van der Waals surface area contributed by atoms with Crippen LogP contribution in [0.1, 0.15) is 35.2 Å². The third-order valence-electron chi connectivity index (χ3n) is 6.56. The normalized spacial score (nSPS) is 16.7. The van der Waals surface area contributed by atoms with Crippen LogP contribution in [0, 0.1) is 6.92 Å². The van der Waals surface area contributed by atoms with Gasteiger partial charge in [0.15, 0.2) is 0 Å². The van der Waals surface area contributed by atoms with Crippen LogP contribution in [0.4, 0.5) is 20.3 Å². The molecule has 0 spiro atoms. The number of amides is 2. The van der Waals surface area contributed by atoms with Gasteiger partial charge in [-0.2, -0.15) is 9.46 Å². The van der Waals surface area contributed by atoms with Gasteiger partial charge in [0.1, 0.15) is 5.82 Å². The maximum absolute atomic E-state index is 14.1. The fourth-order valence-corrected chi connectivity index (χ4v) is 5.76. The molecule has 1 aromatic carbocycles. The zero-order chi connectivity index (χ0) is 28.4. The summed E-state index contributed by atoms with van der Waals surface area (Å²) in [6.07, 6.45) is 6.10. The summed E-state index contributed by atoms with van der Waals surface area (Å²) < 4.78 is 46.6. The van der Waals surface area contributed by atoms with Crippen molar-refractivity contribution in [2.75, 3.05) is 36.1 Å². The fraction of sp³-hybridized carbons (Fsp3) is 0.385. The van der Waals surface area contributed by atoms with Crippen LogP contribution >= 0.6 is 0 Å². The first-order chi connectivity index (χ1) is 18.4. The Bertz CT molecular complexity index is 1530. The van der Waals surface area contributed by atoms with Crippen LogP contribution in [-0.2, 0) is 21.6 Å². The largest absolute Gasteiger partial charge is 0.356 e. The average Bonchev–Trinajstić information content (AvgIpc) is 3.22. The highest BCUT2D eigenvalue weighted by molar-refractivity contribution is 7.93. The van der Waals surface area contributed by atoms with E-state index in [-0.39, 0.29) is 42.8 Å². The van der Waals surface area contributed by atoms with E-state index < -0.39 is 27.5 Å². The minimum Gasteiger partial charge on any atom is -0.356 e. The number of carbonyl (C=O) groups is 2. The van der Waals surface area contributed by atoms with Gasteiger partial charge in [-0.1, -0.05) is 6.07 Å². The van der Waals surface area contributed by atoms with Gasteiger partial charge in [0.05, 0.1) is 28.0 Å². The third-order valence-corrected chi connectivity index (χ3v) is 8.24. The molecular formula is C26H31F2N7O3S. The van der Waals surface area contributed by atoms with Gasteiger partial charge in [-0.15, -0.1) is 0 Å². The number of aromatic nitrogens is 3. The number of benzene rings is 1. The van der Waals surface area contributed by atoms with Crippen molar-refractivity contribution in [3.8, 4) is 11.1 Å². The van der Waals surface area contributed by atoms with Crippen molar-refractivity contribution in [3.63, 3.8) is 0 Å². The van der Waals surface area contributed by atoms with Gasteiger partial charge in [-0.25, -0.2) is 18.0 Å². The Labute approximate surface area is 225 Å². The molecule has 10 nitrogen and oxygen atoms in total. The highest BCUT2D eigenvalue weighted by atomic mass is 32.2. The lowest BCUT2D eigenvalue weighted by Gasteiger charge is -2.26. The first-order valence-electron chi connectivity index (χ1n) is 12.4. The van der Waals surface area contributed by atoms with E-state index in [1.165, 1.54) is 12.3 Å². The minimum atomic E-state index is -3.09. The Hall–Kier alpha value is -3.71. The summed E-state index contributed by atoms with van der Waals surface area (Å²) in [5.74, 6) is -3.66. The first-order valence-corrected chi connectivity index (χ1v) is 14.3. The van der Waals surface area contributed by atoms with Gasteiger partial charge in [0.2, 0.25) is 5.92 Å². The summed E-state index contributed by atoms with van der Waals surface area (Å²) in [6, 6.07) is 6.23. The molecule has 4 rings (SSSR count). The van der Waals surface area contributed by atoms with Crippen LogP contribution in [0.25, 0.3) is 11.1 Å². The highest BCUT2D eigenvalue weighted by Crippen LogP contribution is 2.34. The number of aryl methyl sites for hydroxylation is 1. The molecule has 3 N–H and O–H groups in total. The number of nitrogens with zero attached hydrogens (tertiary/aromatic N) is 5. The van der Waals surface area contributed by atoms with Gasteiger partial charge in [0.25, 0.3) is 11.8 Å². The molecule has 1 atom stereocenters. The van der Waals surface area contributed by atoms with Gasteiger partial charge in [0, 0.05) is 73.3 Å². The maximum Gasteiger partial charge on any atom is 0.267 e. The molecule has 0 radical (unpaired) electrons. The van der Waals surface area contributed by atoms with Crippen molar-refractivity contribution in [1.82, 2.24) is 14.8 Å². The number of halogens is 2. The highest BCUT2D eigenvalue weighted by Gasteiger charge is 2.33. The summed E-state index contributed by atoms with van der Waals surface area (Å²) >= 11 is 0. The van der Waals surface area contributed by atoms with E-state index >= 15 is 0 Å². The Morgan fingerprint density at radius 2 is 2.00 bits per heavy atom. The number of hydrogen-bond acceptors (Lipinski definition) is 7.